The van der Waals surface area contributed by atoms with Crippen molar-refractivity contribution >= 4 is 17.6 Å². The lowest BCUT2D eigenvalue weighted by Gasteiger charge is -2.03. The van der Waals surface area contributed by atoms with Crippen LogP contribution in [0.1, 0.15) is 11.3 Å². The minimum absolute atomic E-state index is 0.00306. The van der Waals surface area contributed by atoms with E-state index in [4.69, 9.17) is 11.1 Å². The SMILES string of the molecule is Cc1cccc(Sc2cccc(C(=N)N)n2)c1. The number of nitrogen functional groups attached to an aromatic ring is 1. The maximum atomic E-state index is 7.35. The number of pyridine rings is 1. The highest BCUT2D eigenvalue weighted by Gasteiger charge is 2.02. The van der Waals surface area contributed by atoms with E-state index in [2.05, 4.69) is 24.0 Å². The Bertz CT molecular complexity index is 552. The lowest BCUT2D eigenvalue weighted by molar-refractivity contribution is 1.10. The van der Waals surface area contributed by atoms with Gasteiger partial charge in [-0.05, 0) is 31.2 Å². The van der Waals surface area contributed by atoms with Crippen molar-refractivity contribution < 1.29 is 0 Å². The maximum Gasteiger partial charge on any atom is 0.141 e. The van der Waals surface area contributed by atoms with Crippen molar-refractivity contribution in [1.29, 1.82) is 5.41 Å². The van der Waals surface area contributed by atoms with Crippen LogP contribution in [0.4, 0.5) is 0 Å². The van der Waals surface area contributed by atoms with Crippen molar-refractivity contribution in [1.82, 2.24) is 4.98 Å². The number of hydrogen-bond acceptors (Lipinski definition) is 3. The Morgan fingerprint density at radius 1 is 1.24 bits per heavy atom. The van der Waals surface area contributed by atoms with Crippen LogP contribution in [0.2, 0.25) is 0 Å². The number of nitrogens with two attached hydrogens (primary N) is 1. The van der Waals surface area contributed by atoms with E-state index in [1.165, 1.54) is 5.56 Å². The predicted octanol–water partition coefficient (Wildman–Crippen LogP) is 2.83. The zero-order valence-electron chi connectivity index (χ0n) is 9.47. The molecule has 0 aliphatic rings. The molecule has 2 aromatic rings. The number of aryl methyl sites for hydroxylation is 1. The van der Waals surface area contributed by atoms with Gasteiger partial charge in [0, 0.05) is 4.90 Å². The quantitative estimate of drug-likeness (QED) is 0.643. The summed E-state index contributed by atoms with van der Waals surface area (Å²) in [7, 11) is 0. The minimum atomic E-state index is -0.00306. The molecule has 2 rings (SSSR count). The molecule has 0 aliphatic carbocycles. The molecule has 0 saturated carbocycles. The van der Waals surface area contributed by atoms with Crippen molar-refractivity contribution in [3.8, 4) is 0 Å². The number of amidine groups is 1. The Morgan fingerprint density at radius 2 is 2.00 bits per heavy atom. The molecule has 3 N–H and O–H groups in total. The largest absolute Gasteiger partial charge is 0.382 e. The van der Waals surface area contributed by atoms with Crippen molar-refractivity contribution in [3.63, 3.8) is 0 Å². The van der Waals surface area contributed by atoms with Crippen molar-refractivity contribution in [2.45, 2.75) is 16.8 Å². The van der Waals surface area contributed by atoms with E-state index in [1.807, 2.05) is 24.3 Å². The highest BCUT2D eigenvalue weighted by molar-refractivity contribution is 7.99. The molecule has 0 bridgehead atoms. The standard InChI is InChI=1S/C13H13N3S/c1-9-4-2-5-10(8-9)17-12-7-3-6-11(16-12)13(14)15/h2-8H,1H3,(H3,14,15). The molecule has 3 nitrogen and oxygen atoms in total. The molecule has 86 valence electrons. The van der Waals surface area contributed by atoms with Gasteiger partial charge in [-0.3, -0.25) is 5.41 Å². The molecule has 1 heterocycles. The van der Waals surface area contributed by atoms with Crippen LogP contribution in [0.5, 0.6) is 0 Å². The third-order valence-corrected chi connectivity index (χ3v) is 3.14. The van der Waals surface area contributed by atoms with Crippen molar-refractivity contribution in [2.24, 2.45) is 5.73 Å². The van der Waals surface area contributed by atoms with Gasteiger partial charge in [0.15, 0.2) is 0 Å². The van der Waals surface area contributed by atoms with Gasteiger partial charge >= 0.3 is 0 Å². The first-order valence-corrected chi connectivity index (χ1v) is 6.03. The van der Waals surface area contributed by atoms with Crippen LogP contribution < -0.4 is 5.73 Å². The normalized spacial score (nSPS) is 10.2. The van der Waals surface area contributed by atoms with Gasteiger partial charge in [-0.25, -0.2) is 4.98 Å². The summed E-state index contributed by atoms with van der Waals surface area (Å²) in [5.74, 6) is -0.00306. The molecule has 0 atom stereocenters. The number of nitrogens with zero attached hydrogens (tertiary/aromatic N) is 1. The van der Waals surface area contributed by atoms with Gasteiger partial charge in [0.05, 0.1) is 0 Å². The molecule has 0 aliphatic heterocycles. The average molecular weight is 243 g/mol. The summed E-state index contributed by atoms with van der Waals surface area (Å²) in [6.45, 7) is 2.06. The first kappa shape index (κ1) is 11.7. The van der Waals surface area contributed by atoms with Crippen LogP contribution in [0.15, 0.2) is 52.4 Å². The van der Waals surface area contributed by atoms with Gasteiger partial charge in [-0.15, -0.1) is 0 Å². The van der Waals surface area contributed by atoms with E-state index in [9.17, 15) is 0 Å². The lowest BCUT2D eigenvalue weighted by atomic mass is 10.2. The van der Waals surface area contributed by atoms with Crippen LogP contribution >= 0.6 is 11.8 Å². The van der Waals surface area contributed by atoms with Gasteiger partial charge < -0.3 is 5.73 Å². The van der Waals surface area contributed by atoms with Gasteiger partial charge in [0.2, 0.25) is 0 Å². The van der Waals surface area contributed by atoms with Gasteiger partial charge in [-0.1, -0.05) is 35.5 Å². The Kier molecular flexibility index (Phi) is 3.44. The average Bonchev–Trinajstić information content (AvgIpc) is 2.29. The summed E-state index contributed by atoms with van der Waals surface area (Å²) >= 11 is 1.57. The van der Waals surface area contributed by atoms with Crippen LogP contribution in [-0.4, -0.2) is 10.8 Å². The molecular weight excluding hydrogens is 230 g/mol. The molecule has 1 aromatic carbocycles. The summed E-state index contributed by atoms with van der Waals surface area (Å²) in [5.41, 5.74) is 7.15. The molecule has 0 amide bonds. The van der Waals surface area contributed by atoms with E-state index in [0.717, 1.165) is 9.92 Å². The Balaban J connectivity index is 2.24. The second-order valence-electron chi connectivity index (χ2n) is 3.69. The lowest BCUT2D eigenvalue weighted by Crippen LogP contribution is -2.12. The number of nitrogens with one attached hydrogen (secondary N) is 1. The predicted molar refractivity (Wildman–Crippen MR) is 70.6 cm³/mol. The monoisotopic (exact) mass is 243 g/mol. The first-order chi connectivity index (χ1) is 8.15. The van der Waals surface area contributed by atoms with Crippen molar-refractivity contribution in [2.75, 3.05) is 0 Å². The molecule has 4 heteroatoms. The smallest absolute Gasteiger partial charge is 0.141 e. The summed E-state index contributed by atoms with van der Waals surface area (Å²) in [4.78, 5) is 5.45. The molecule has 17 heavy (non-hydrogen) atoms. The molecule has 0 radical (unpaired) electrons. The van der Waals surface area contributed by atoms with E-state index in [-0.39, 0.29) is 5.84 Å². The Hall–Kier alpha value is -1.81. The third kappa shape index (κ3) is 3.07. The number of hydrogen-bond donors (Lipinski definition) is 2. The van der Waals surface area contributed by atoms with Gasteiger partial charge in [0.25, 0.3) is 0 Å². The second-order valence-corrected chi connectivity index (χ2v) is 4.79. The highest BCUT2D eigenvalue weighted by Crippen LogP contribution is 2.26. The topological polar surface area (TPSA) is 62.8 Å². The molecule has 0 saturated heterocycles. The fourth-order valence-electron chi connectivity index (χ4n) is 1.42. The van der Waals surface area contributed by atoms with Crippen LogP contribution in [-0.2, 0) is 0 Å². The summed E-state index contributed by atoms with van der Waals surface area (Å²) < 4.78 is 0. The molecular formula is C13H13N3S. The molecule has 0 spiro atoms. The molecule has 0 unspecified atom stereocenters. The molecule has 1 aromatic heterocycles. The Labute approximate surface area is 105 Å². The Morgan fingerprint density at radius 3 is 2.71 bits per heavy atom. The second kappa shape index (κ2) is 5.01. The van der Waals surface area contributed by atoms with E-state index in [0.29, 0.717) is 5.69 Å². The van der Waals surface area contributed by atoms with Crippen LogP contribution in [0.3, 0.4) is 0 Å². The minimum Gasteiger partial charge on any atom is -0.382 e. The number of aromatic nitrogens is 1. The first-order valence-electron chi connectivity index (χ1n) is 5.21. The number of benzene rings is 1. The van der Waals surface area contributed by atoms with Crippen LogP contribution in [0.25, 0.3) is 0 Å². The van der Waals surface area contributed by atoms with Crippen LogP contribution in [0, 0.1) is 12.3 Å². The summed E-state index contributed by atoms with van der Waals surface area (Å²) in [6, 6.07) is 13.7. The third-order valence-electron chi connectivity index (χ3n) is 2.21. The zero-order valence-corrected chi connectivity index (χ0v) is 10.3. The molecule has 0 fully saturated rings. The van der Waals surface area contributed by atoms with E-state index in [1.54, 1.807) is 17.8 Å². The maximum absolute atomic E-state index is 7.35. The fraction of sp³-hybridized carbons (Fsp3) is 0.0769. The van der Waals surface area contributed by atoms with Gasteiger partial charge in [0.1, 0.15) is 16.6 Å². The summed E-state index contributed by atoms with van der Waals surface area (Å²) in [5, 5.41) is 8.20. The van der Waals surface area contributed by atoms with Gasteiger partial charge in [-0.2, -0.15) is 0 Å². The highest BCUT2D eigenvalue weighted by atomic mass is 32.2. The van der Waals surface area contributed by atoms with E-state index < -0.39 is 0 Å². The van der Waals surface area contributed by atoms with Crippen molar-refractivity contribution in [3.05, 3.63) is 53.7 Å². The summed E-state index contributed by atoms with van der Waals surface area (Å²) in [6.07, 6.45) is 0. The fourth-order valence-corrected chi connectivity index (χ4v) is 2.34. The zero-order chi connectivity index (χ0) is 12.3. The van der Waals surface area contributed by atoms with E-state index >= 15 is 0 Å². The number of rotatable bonds is 3.